The molecule has 5 aliphatic rings. The minimum absolute atomic E-state index is 0.0732. The van der Waals surface area contributed by atoms with Crippen LogP contribution in [-0.2, 0) is 38.7 Å². The van der Waals surface area contributed by atoms with Gasteiger partial charge in [0.1, 0.15) is 11.7 Å². The van der Waals surface area contributed by atoms with Crippen LogP contribution < -0.4 is 21.3 Å². The molecule has 8 heterocycles. The highest BCUT2D eigenvalue weighted by molar-refractivity contribution is 7.13. The maximum Gasteiger partial charge on any atom is 0.270 e. The lowest BCUT2D eigenvalue weighted by Gasteiger charge is -2.36. The Hall–Kier alpha value is -7.23. The zero-order valence-electron chi connectivity index (χ0n) is 37.4. The van der Waals surface area contributed by atoms with E-state index in [-0.39, 0.29) is 53.7 Å². The second kappa shape index (κ2) is 19.5. The monoisotopic (exact) mass is 933 g/mol. The van der Waals surface area contributed by atoms with Crippen LogP contribution in [0.1, 0.15) is 111 Å². The number of thiazole rings is 1. The minimum Gasteiger partial charge on any atom is -0.374 e. The molecule has 0 aliphatic carbocycles. The van der Waals surface area contributed by atoms with Gasteiger partial charge in [-0.3, -0.25) is 44.3 Å². The van der Waals surface area contributed by atoms with E-state index in [9.17, 15) is 28.8 Å². The number of rotatable bonds is 11. The SMILES string of the molecule is O=C1CCC(Nc2ccc(C3CCN(CC(=O)N4CCC(NC(=O)c5ccc(C#Cc6ccc7c(c6)C(=O)N(C(C(=O)Nc6nccs6)c6ncn8c6CCC8)C7)cn5)CC4)CC3)cc2)C(=O)N1. The molecule has 0 saturated carbocycles. The van der Waals surface area contributed by atoms with Gasteiger partial charge in [-0.05, 0) is 111 Å². The Morgan fingerprint density at radius 3 is 2.40 bits per heavy atom. The molecule has 2 aromatic carbocycles. The molecule has 3 fully saturated rings. The summed E-state index contributed by atoms with van der Waals surface area (Å²) in [7, 11) is 0. The van der Waals surface area contributed by atoms with Crippen molar-refractivity contribution in [2.24, 2.45) is 0 Å². The van der Waals surface area contributed by atoms with Crippen LogP contribution >= 0.6 is 11.3 Å². The summed E-state index contributed by atoms with van der Waals surface area (Å²) in [6.45, 7) is 4.27. The number of imidazole rings is 1. The van der Waals surface area contributed by atoms with Crippen molar-refractivity contribution in [3.05, 3.63) is 124 Å². The quantitative estimate of drug-likeness (QED) is 0.109. The van der Waals surface area contributed by atoms with Gasteiger partial charge in [0.05, 0.1) is 18.6 Å². The van der Waals surface area contributed by atoms with Gasteiger partial charge in [0.2, 0.25) is 17.7 Å². The van der Waals surface area contributed by atoms with E-state index in [0.29, 0.717) is 78.8 Å². The van der Waals surface area contributed by atoms with Gasteiger partial charge in [-0.25, -0.2) is 15.0 Å². The fraction of sp³-hybridized carbons (Fsp3) is 0.380. The average molecular weight is 934 g/mol. The van der Waals surface area contributed by atoms with Crippen LogP contribution in [0, 0.1) is 11.8 Å². The van der Waals surface area contributed by atoms with Crippen LogP contribution in [0.25, 0.3) is 0 Å². The van der Waals surface area contributed by atoms with E-state index in [1.54, 1.807) is 47.2 Å². The third-order valence-electron chi connectivity index (χ3n) is 13.7. The van der Waals surface area contributed by atoms with Crippen molar-refractivity contribution < 1.29 is 28.8 Å². The van der Waals surface area contributed by atoms with Gasteiger partial charge in [-0.1, -0.05) is 30.0 Å². The lowest BCUT2D eigenvalue weighted by atomic mass is 9.89. The highest BCUT2D eigenvalue weighted by atomic mass is 32.1. The number of aryl methyl sites for hydroxylation is 1. The number of pyridine rings is 1. The first-order valence-corrected chi connectivity index (χ1v) is 24.2. The number of aromatic nitrogens is 4. The van der Waals surface area contributed by atoms with E-state index < -0.39 is 12.1 Å². The molecule has 0 spiro atoms. The molecule has 5 aromatic rings. The van der Waals surface area contributed by atoms with Gasteiger partial charge in [0.15, 0.2) is 11.2 Å². The first-order chi connectivity index (χ1) is 33.1. The smallest absolute Gasteiger partial charge is 0.270 e. The van der Waals surface area contributed by atoms with Crippen molar-refractivity contribution >= 4 is 57.6 Å². The minimum atomic E-state index is -0.925. The zero-order valence-corrected chi connectivity index (χ0v) is 38.2. The van der Waals surface area contributed by atoms with Gasteiger partial charge >= 0.3 is 0 Å². The van der Waals surface area contributed by atoms with Crippen molar-refractivity contribution in [3.8, 4) is 11.8 Å². The number of benzene rings is 2. The summed E-state index contributed by atoms with van der Waals surface area (Å²) in [5.74, 6) is 5.31. The summed E-state index contributed by atoms with van der Waals surface area (Å²) in [5.41, 5.74) is 6.44. The molecular formula is C50H51N11O6S. The highest BCUT2D eigenvalue weighted by Crippen LogP contribution is 2.36. The topological polar surface area (TPSA) is 204 Å². The second-order valence-corrected chi connectivity index (χ2v) is 18.9. The Morgan fingerprint density at radius 2 is 1.65 bits per heavy atom. The molecule has 18 heteroatoms. The van der Waals surface area contributed by atoms with Gasteiger partial charge < -0.3 is 25.0 Å². The average Bonchev–Trinajstić information content (AvgIpc) is 4.18. The lowest BCUT2D eigenvalue weighted by molar-refractivity contribution is -0.134. The van der Waals surface area contributed by atoms with Crippen molar-refractivity contribution in [2.75, 3.05) is 43.4 Å². The number of carbonyl (C=O) groups is 6. The van der Waals surface area contributed by atoms with E-state index >= 15 is 0 Å². The standard InChI is InChI=1S/C50H51N11O6S/c62-42-14-13-40(47(65)56-42)54-36-10-8-33(9-11-36)34-15-21-58(22-16-34)29-43(63)59-23-17-37(18-24-59)55-46(64)39-12-6-32(27-52-39)4-3-31-5-7-35-28-61(49(67)38(35)26-31)45(48(66)57-50-51-19-25-68-50)44-41-2-1-20-60(41)30-53-44/h5-12,19,25-27,30,34,37,40,45,54H,1-2,13-18,20-24,28-29H2,(H,55,64)(H,51,57,66)(H,56,62,65). The summed E-state index contributed by atoms with van der Waals surface area (Å²) < 4.78 is 2.05. The molecule has 0 radical (unpaired) electrons. The Morgan fingerprint density at radius 1 is 0.853 bits per heavy atom. The highest BCUT2D eigenvalue weighted by Gasteiger charge is 2.41. The van der Waals surface area contributed by atoms with Crippen LogP contribution in [-0.4, -0.2) is 114 Å². The third-order valence-corrected chi connectivity index (χ3v) is 14.3. The van der Waals surface area contributed by atoms with E-state index in [4.69, 9.17) is 0 Å². The lowest BCUT2D eigenvalue weighted by Crippen LogP contribution is -2.49. The number of fused-ring (bicyclic) bond motifs is 2. The van der Waals surface area contributed by atoms with Crippen molar-refractivity contribution in [3.63, 3.8) is 0 Å². The van der Waals surface area contributed by atoms with E-state index in [0.717, 1.165) is 62.3 Å². The van der Waals surface area contributed by atoms with Gasteiger partial charge in [0.25, 0.3) is 17.7 Å². The summed E-state index contributed by atoms with van der Waals surface area (Å²) in [6.07, 6.45) is 10.7. The molecule has 2 unspecified atom stereocenters. The van der Waals surface area contributed by atoms with Gasteiger partial charge in [0, 0.05) is 84.5 Å². The number of carbonyl (C=O) groups excluding carboxylic acids is 6. The molecule has 10 rings (SSSR count). The molecule has 348 valence electrons. The number of hydrogen-bond donors (Lipinski definition) is 4. The third kappa shape index (κ3) is 9.76. The summed E-state index contributed by atoms with van der Waals surface area (Å²) in [6, 6.07) is 15.6. The second-order valence-electron chi connectivity index (χ2n) is 18.0. The molecule has 5 aliphatic heterocycles. The number of hydrogen-bond acceptors (Lipinski definition) is 12. The molecule has 3 saturated heterocycles. The molecule has 6 amide bonds. The fourth-order valence-electron chi connectivity index (χ4n) is 9.89. The predicted octanol–water partition coefficient (Wildman–Crippen LogP) is 4.23. The van der Waals surface area contributed by atoms with Gasteiger partial charge in [-0.15, -0.1) is 11.3 Å². The number of amides is 6. The molecule has 4 N–H and O–H groups in total. The van der Waals surface area contributed by atoms with E-state index in [2.05, 4.69) is 65.1 Å². The van der Waals surface area contributed by atoms with Crippen molar-refractivity contribution in [1.29, 1.82) is 0 Å². The number of nitrogens with one attached hydrogen (secondary N) is 4. The number of piperidine rings is 3. The number of nitrogens with zero attached hydrogens (tertiary/aromatic N) is 7. The number of anilines is 2. The zero-order chi connectivity index (χ0) is 46.7. The fourth-order valence-corrected chi connectivity index (χ4v) is 10.4. The Balaban J connectivity index is 0.674. The molecule has 68 heavy (non-hydrogen) atoms. The molecule has 3 aromatic heterocycles. The van der Waals surface area contributed by atoms with Crippen LogP contribution in [0.5, 0.6) is 0 Å². The predicted molar refractivity (Wildman–Crippen MR) is 252 cm³/mol. The first-order valence-electron chi connectivity index (χ1n) is 23.3. The van der Waals surface area contributed by atoms with E-state index in [1.165, 1.54) is 16.9 Å². The summed E-state index contributed by atoms with van der Waals surface area (Å²) in [4.78, 5) is 96.8. The maximum absolute atomic E-state index is 14.0. The molecule has 2 atom stereocenters. The van der Waals surface area contributed by atoms with E-state index in [1.807, 2.05) is 33.7 Å². The molecule has 17 nitrogen and oxygen atoms in total. The van der Waals surface area contributed by atoms with Gasteiger partial charge in [-0.2, -0.15) is 0 Å². The normalized spacial score (nSPS) is 19.1. The Bertz CT molecular complexity index is 2800. The number of imide groups is 1. The first kappa shape index (κ1) is 44.6. The molecular weight excluding hydrogens is 883 g/mol. The Kier molecular flexibility index (Phi) is 12.8. The van der Waals surface area contributed by atoms with Crippen molar-refractivity contribution in [1.82, 2.24) is 44.9 Å². The van der Waals surface area contributed by atoms with Crippen LogP contribution in [0.3, 0.4) is 0 Å². The van der Waals surface area contributed by atoms with Crippen LogP contribution in [0.4, 0.5) is 10.8 Å². The Labute approximate surface area is 397 Å². The summed E-state index contributed by atoms with van der Waals surface area (Å²) >= 11 is 1.31. The molecule has 0 bridgehead atoms. The maximum atomic E-state index is 14.0. The number of likely N-dealkylation sites (tertiary alicyclic amines) is 2. The largest absolute Gasteiger partial charge is 0.374 e. The van der Waals surface area contributed by atoms with Crippen LogP contribution in [0.15, 0.2) is 78.7 Å². The van der Waals surface area contributed by atoms with Crippen molar-refractivity contribution in [2.45, 2.75) is 88.5 Å². The van der Waals surface area contributed by atoms with Crippen LogP contribution in [0.2, 0.25) is 0 Å². The summed E-state index contributed by atoms with van der Waals surface area (Å²) in [5, 5.41) is 13.8.